The van der Waals surface area contributed by atoms with Crippen LogP contribution in [-0.4, -0.2) is 16.7 Å². The van der Waals surface area contributed by atoms with Gasteiger partial charge in [0.2, 0.25) is 0 Å². The number of rotatable bonds is 5. The topological polar surface area (TPSA) is 51.0 Å². The van der Waals surface area contributed by atoms with Crippen molar-refractivity contribution in [2.75, 3.05) is 6.54 Å². The Bertz CT molecular complexity index is 479. The van der Waals surface area contributed by atoms with Crippen molar-refractivity contribution in [3.05, 3.63) is 47.1 Å². The summed E-state index contributed by atoms with van der Waals surface area (Å²) in [5, 5.41) is 7.18. The fraction of sp³-hybridized carbons (Fsp3) is 0.385. The van der Waals surface area contributed by atoms with E-state index >= 15 is 0 Å². The first-order chi connectivity index (χ1) is 8.25. The van der Waals surface area contributed by atoms with E-state index in [4.69, 9.17) is 4.52 Å². The van der Waals surface area contributed by atoms with Crippen molar-refractivity contribution >= 4 is 0 Å². The SMILES string of the molecule is Cc1cc(CNCCc2ccncc2C)on1. The predicted molar refractivity (Wildman–Crippen MR) is 65.6 cm³/mol. The van der Waals surface area contributed by atoms with E-state index in [1.165, 1.54) is 11.1 Å². The van der Waals surface area contributed by atoms with Gasteiger partial charge in [-0.1, -0.05) is 5.16 Å². The van der Waals surface area contributed by atoms with Crippen LogP contribution in [0, 0.1) is 13.8 Å². The van der Waals surface area contributed by atoms with Gasteiger partial charge in [0, 0.05) is 18.5 Å². The standard InChI is InChI=1S/C13H17N3O/c1-10-8-14-5-3-12(10)4-6-15-9-13-7-11(2)16-17-13/h3,5,7-8,15H,4,6,9H2,1-2H3. The molecule has 0 unspecified atom stereocenters. The molecule has 0 radical (unpaired) electrons. The van der Waals surface area contributed by atoms with Crippen LogP contribution < -0.4 is 5.32 Å². The molecule has 0 aliphatic carbocycles. The molecule has 0 spiro atoms. The molecule has 0 amide bonds. The highest BCUT2D eigenvalue weighted by Crippen LogP contribution is 2.05. The molecule has 2 aromatic rings. The molecular weight excluding hydrogens is 214 g/mol. The molecule has 0 saturated heterocycles. The second kappa shape index (κ2) is 5.59. The monoisotopic (exact) mass is 231 g/mol. The van der Waals surface area contributed by atoms with Crippen LogP contribution in [0.4, 0.5) is 0 Å². The fourth-order valence-corrected chi connectivity index (χ4v) is 1.72. The van der Waals surface area contributed by atoms with E-state index in [1.807, 2.05) is 25.4 Å². The van der Waals surface area contributed by atoms with E-state index in [1.54, 1.807) is 0 Å². The van der Waals surface area contributed by atoms with Crippen molar-refractivity contribution in [1.29, 1.82) is 0 Å². The van der Waals surface area contributed by atoms with Gasteiger partial charge in [-0.3, -0.25) is 4.98 Å². The summed E-state index contributed by atoms with van der Waals surface area (Å²) in [5.41, 5.74) is 3.50. The summed E-state index contributed by atoms with van der Waals surface area (Å²) >= 11 is 0. The van der Waals surface area contributed by atoms with E-state index in [0.717, 1.165) is 31.0 Å². The molecule has 0 atom stereocenters. The lowest BCUT2D eigenvalue weighted by Gasteiger charge is -2.05. The van der Waals surface area contributed by atoms with Gasteiger partial charge >= 0.3 is 0 Å². The lowest BCUT2D eigenvalue weighted by Crippen LogP contribution is -2.16. The Morgan fingerprint density at radius 2 is 2.24 bits per heavy atom. The second-order valence-corrected chi connectivity index (χ2v) is 4.16. The Morgan fingerprint density at radius 1 is 1.35 bits per heavy atom. The summed E-state index contributed by atoms with van der Waals surface area (Å²) < 4.78 is 5.12. The number of hydrogen-bond donors (Lipinski definition) is 1. The van der Waals surface area contributed by atoms with Crippen LogP contribution in [0.25, 0.3) is 0 Å². The normalized spacial score (nSPS) is 10.7. The minimum atomic E-state index is 0.727. The molecule has 2 aromatic heterocycles. The Kier molecular flexibility index (Phi) is 3.88. The zero-order valence-corrected chi connectivity index (χ0v) is 10.2. The van der Waals surface area contributed by atoms with Crippen molar-refractivity contribution in [2.24, 2.45) is 0 Å². The summed E-state index contributed by atoms with van der Waals surface area (Å²) in [7, 11) is 0. The van der Waals surface area contributed by atoms with Gasteiger partial charge in [0.15, 0.2) is 5.76 Å². The van der Waals surface area contributed by atoms with Crippen LogP contribution in [-0.2, 0) is 13.0 Å². The Balaban J connectivity index is 1.75. The van der Waals surface area contributed by atoms with Crippen molar-refractivity contribution in [1.82, 2.24) is 15.5 Å². The Labute approximate surface area is 101 Å². The average molecular weight is 231 g/mol. The minimum Gasteiger partial charge on any atom is -0.360 e. The third-order valence-electron chi connectivity index (χ3n) is 2.68. The quantitative estimate of drug-likeness (QED) is 0.800. The highest BCUT2D eigenvalue weighted by atomic mass is 16.5. The minimum absolute atomic E-state index is 0.727. The zero-order valence-electron chi connectivity index (χ0n) is 10.2. The highest BCUT2D eigenvalue weighted by Gasteiger charge is 2.00. The number of aryl methyl sites for hydroxylation is 2. The molecule has 0 saturated carbocycles. The summed E-state index contributed by atoms with van der Waals surface area (Å²) in [5.74, 6) is 0.883. The number of pyridine rings is 1. The van der Waals surface area contributed by atoms with Crippen LogP contribution in [0.15, 0.2) is 29.0 Å². The molecule has 4 nitrogen and oxygen atoms in total. The fourth-order valence-electron chi connectivity index (χ4n) is 1.72. The summed E-state index contributed by atoms with van der Waals surface area (Å²) in [4.78, 5) is 4.08. The van der Waals surface area contributed by atoms with Crippen LogP contribution in [0.5, 0.6) is 0 Å². The summed E-state index contributed by atoms with van der Waals surface area (Å²) in [6.07, 6.45) is 4.73. The van der Waals surface area contributed by atoms with Crippen LogP contribution in [0.1, 0.15) is 22.6 Å². The number of nitrogens with one attached hydrogen (secondary N) is 1. The molecule has 2 rings (SSSR count). The molecule has 17 heavy (non-hydrogen) atoms. The molecular formula is C13H17N3O. The van der Waals surface area contributed by atoms with Gasteiger partial charge in [-0.05, 0) is 44.0 Å². The zero-order chi connectivity index (χ0) is 12.1. The van der Waals surface area contributed by atoms with Gasteiger partial charge in [0.1, 0.15) is 0 Å². The van der Waals surface area contributed by atoms with E-state index < -0.39 is 0 Å². The summed E-state index contributed by atoms with van der Waals surface area (Å²) in [6.45, 7) is 5.66. The Morgan fingerprint density at radius 3 is 2.94 bits per heavy atom. The van der Waals surface area contributed by atoms with Crippen molar-refractivity contribution in [3.63, 3.8) is 0 Å². The first-order valence-corrected chi connectivity index (χ1v) is 5.78. The van der Waals surface area contributed by atoms with Crippen molar-refractivity contribution in [2.45, 2.75) is 26.8 Å². The van der Waals surface area contributed by atoms with Gasteiger partial charge in [0.05, 0.1) is 12.2 Å². The van der Waals surface area contributed by atoms with Gasteiger partial charge in [-0.15, -0.1) is 0 Å². The maximum absolute atomic E-state index is 5.12. The van der Waals surface area contributed by atoms with Crippen molar-refractivity contribution < 1.29 is 4.52 Å². The maximum atomic E-state index is 5.12. The smallest absolute Gasteiger partial charge is 0.150 e. The van der Waals surface area contributed by atoms with Gasteiger partial charge < -0.3 is 9.84 Å². The maximum Gasteiger partial charge on any atom is 0.150 e. The third-order valence-corrected chi connectivity index (χ3v) is 2.68. The van der Waals surface area contributed by atoms with Crippen LogP contribution in [0.2, 0.25) is 0 Å². The molecule has 0 aliphatic heterocycles. The molecule has 0 bridgehead atoms. The van der Waals surface area contributed by atoms with Crippen LogP contribution in [0.3, 0.4) is 0 Å². The van der Waals surface area contributed by atoms with Gasteiger partial charge in [0.25, 0.3) is 0 Å². The molecule has 0 aliphatic rings. The van der Waals surface area contributed by atoms with Crippen molar-refractivity contribution in [3.8, 4) is 0 Å². The summed E-state index contributed by atoms with van der Waals surface area (Å²) in [6, 6.07) is 4.01. The largest absolute Gasteiger partial charge is 0.360 e. The van der Waals surface area contributed by atoms with E-state index in [9.17, 15) is 0 Å². The van der Waals surface area contributed by atoms with E-state index in [-0.39, 0.29) is 0 Å². The number of hydrogen-bond acceptors (Lipinski definition) is 4. The first-order valence-electron chi connectivity index (χ1n) is 5.78. The van der Waals surface area contributed by atoms with Crippen LogP contribution >= 0.6 is 0 Å². The third kappa shape index (κ3) is 3.39. The van der Waals surface area contributed by atoms with E-state index in [0.29, 0.717) is 0 Å². The molecule has 0 fully saturated rings. The predicted octanol–water partition coefficient (Wildman–Crippen LogP) is 2.02. The lowest BCUT2D eigenvalue weighted by atomic mass is 10.1. The molecule has 2 heterocycles. The first kappa shape index (κ1) is 11.8. The van der Waals surface area contributed by atoms with Gasteiger partial charge in [-0.2, -0.15) is 0 Å². The number of nitrogens with zero attached hydrogens (tertiary/aromatic N) is 2. The lowest BCUT2D eigenvalue weighted by molar-refractivity contribution is 0.370. The molecule has 90 valence electrons. The molecule has 0 aromatic carbocycles. The molecule has 4 heteroatoms. The van der Waals surface area contributed by atoms with Gasteiger partial charge in [-0.25, -0.2) is 0 Å². The molecule has 1 N–H and O–H groups in total. The number of aromatic nitrogens is 2. The second-order valence-electron chi connectivity index (χ2n) is 4.16. The average Bonchev–Trinajstić information content (AvgIpc) is 2.73. The highest BCUT2D eigenvalue weighted by molar-refractivity contribution is 5.21. The van der Waals surface area contributed by atoms with E-state index in [2.05, 4.69) is 28.4 Å². The Hall–Kier alpha value is -1.68.